The first kappa shape index (κ1) is 19.9. The molecule has 158 valence electrons. The molecule has 2 aliphatic rings. The van der Waals surface area contributed by atoms with Crippen LogP contribution in [0.1, 0.15) is 34.8 Å². The maximum absolute atomic E-state index is 13.6. The Labute approximate surface area is 185 Å². The molecule has 1 aliphatic heterocycles. The van der Waals surface area contributed by atoms with Crippen molar-refractivity contribution in [3.63, 3.8) is 0 Å². The first-order valence-corrected chi connectivity index (χ1v) is 11.5. The molecule has 2 aromatic carbocycles. The summed E-state index contributed by atoms with van der Waals surface area (Å²) in [7, 11) is 1.60. The molecule has 1 aromatic heterocycles. The van der Waals surface area contributed by atoms with Gasteiger partial charge < -0.3 is 15.0 Å². The van der Waals surface area contributed by atoms with Crippen LogP contribution in [0.4, 0.5) is 5.69 Å². The maximum atomic E-state index is 13.6. The van der Waals surface area contributed by atoms with Crippen molar-refractivity contribution in [1.82, 2.24) is 9.88 Å². The van der Waals surface area contributed by atoms with Crippen LogP contribution < -0.4 is 10.1 Å². The summed E-state index contributed by atoms with van der Waals surface area (Å²) in [5, 5.41) is 3.77. The molecule has 0 radical (unpaired) electrons. The van der Waals surface area contributed by atoms with Gasteiger partial charge in [-0.05, 0) is 49.2 Å². The van der Waals surface area contributed by atoms with E-state index < -0.39 is 6.04 Å². The van der Waals surface area contributed by atoms with Gasteiger partial charge in [0.2, 0.25) is 5.91 Å². The smallest absolute Gasteiger partial charge is 0.256 e. The minimum absolute atomic E-state index is 0.111. The van der Waals surface area contributed by atoms with Gasteiger partial charge in [-0.15, -0.1) is 11.8 Å². The number of fused-ring (bicyclic) bond motifs is 1. The minimum Gasteiger partial charge on any atom is -0.497 e. The van der Waals surface area contributed by atoms with E-state index in [1.165, 1.54) is 0 Å². The van der Waals surface area contributed by atoms with Gasteiger partial charge in [0.05, 0.1) is 24.1 Å². The van der Waals surface area contributed by atoms with Gasteiger partial charge >= 0.3 is 0 Å². The number of anilines is 1. The third-order valence-corrected chi connectivity index (χ3v) is 6.78. The third kappa shape index (κ3) is 3.97. The predicted molar refractivity (Wildman–Crippen MR) is 123 cm³/mol. The molecule has 0 bridgehead atoms. The molecule has 1 saturated carbocycles. The van der Waals surface area contributed by atoms with Crippen molar-refractivity contribution in [2.75, 3.05) is 24.1 Å². The van der Waals surface area contributed by atoms with E-state index in [1.807, 2.05) is 30.3 Å². The summed E-state index contributed by atoms with van der Waals surface area (Å²) in [5.74, 6) is 1.95. The van der Waals surface area contributed by atoms with E-state index in [1.54, 1.807) is 48.0 Å². The summed E-state index contributed by atoms with van der Waals surface area (Å²) >= 11 is 1.60. The number of ether oxygens (including phenoxy) is 1. The van der Waals surface area contributed by atoms with Gasteiger partial charge in [-0.3, -0.25) is 14.6 Å². The number of hydrogen-bond donors (Lipinski definition) is 1. The third-order valence-electron chi connectivity index (χ3n) is 5.77. The van der Waals surface area contributed by atoms with E-state index in [0.717, 1.165) is 35.2 Å². The molecule has 2 heterocycles. The van der Waals surface area contributed by atoms with Crippen LogP contribution in [-0.4, -0.2) is 46.5 Å². The fourth-order valence-corrected chi connectivity index (χ4v) is 5.03. The highest BCUT2D eigenvalue weighted by molar-refractivity contribution is 7.99. The highest BCUT2D eigenvalue weighted by atomic mass is 32.2. The Kier molecular flexibility index (Phi) is 5.28. The SMILES string of the molecule is COc1ccc(NC(=O)C2CSCN2C(=O)c2cc(C3CC3)nc3ccccc23)cc1. The fourth-order valence-electron chi connectivity index (χ4n) is 3.88. The van der Waals surface area contributed by atoms with E-state index in [9.17, 15) is 9.59 Å². The summed E-state index contributed by atoms with van der Waals surface area (Å²) < 4.78 is 5.16. The van der Waals surface area contributed by atoms with Gasteiger partial charge in [0, 0.05) is 28.4 Å². The number of carbonyl (C=O) groups is 2. The molecular formula is C24H23N3O3S. The number of rotatable bonds is 5. The summed E-state index contributed by atoms with van der Waals surface area (Å²) in [6, 6.07) is 16.3. The minimum atomic E-state index is -0.518. The lowest BCUT2D eigenvalue weighted by Crippen LogP contribution is -2.44. The summed E-state index contributed by atoms with van der Waals surface area (Å²) in [6.45, 7) is 0. The number of thioether (sulfide) groups is 1. The van der Waals surface area contributed by atoms with E-state index >= 15 is 0 Å². The Morgan fingerprint density at radius 1 is 1.13 bits per heavy atom. The molecule has 1 aliphatic carbocycles. The lowest BCUT2D eigenvalue weighted by molar-refractivity contribution is -0.119. The largest absolute Gasteiger partial charge is 0.497 e. The Morgan fingerprint density at radius 3 is 2.65 bits per heavy atom. The van der Waals surface area contributed by atoms with Crippen LogP contribution in [0, 0.1) is 0 Å². The first-order valence-electron chi connectivity index (χ1n) is 10.4. The van der Waals surface area contributed by atoms with Gasteiger partial charge in [-0.1, -0.05) is 18.2 Å². The number of benzene rings is 2. The normalized spacial score (nSPS) is 18.2. The van der Waals surface area contributed by atoms with Crippen molar-refractivity contribution in [2.45, 2.75) is 24.8 Å². The highest BCUT2D eigenvalue weighted by Crippen LogP contribution is 2.40. The fraction of sp³-hybridized carbons (Fsp3) is 0.292. The Bertz CT molecular complexity index is 1140. The molecule has 3 aromatic rings. The Balaban J connectivity index is 1.41. The first-order chi connectivity index (χ1) is 15.1. The van der Waals surface area contributed by atoms with Gasteiger partial charge in [0.15, 0.2) is 0 Å². The van der Waals surface area contributed by atoms with Gasteiger partial charge in [-0.2, -0.15) is 0 Å². The van der Waals surface area contributed by atoms with Crippen LogP contribution in [0.2, 0.25) is 0 Å². The number of nitrogens with zero attached hydrogens (tertiary/aromatic N) is 2. The van der Waals surface area contributed by atoms with Crippen LogP contribution in [0.5, 0.6) is 5.75 Å². The lowest BCUT2D eigenvalue weighted by atomic mass is 10.0. The van der Waals surface area contributed by atoms with Crippen LogP contribution >= 0.6 is 11.8 Å². The number of pyridine rings is 1. The molecule has 5 rings (SSSR count). The number of methoxy groups -OCH3 is 1. The zero-order valence-electron chi connectivity index (χ0n) is 17.2. The van der Waals surface area contributed by atoms with Gasteiger partial charge in [0.25, 0.3) is 5.91 Å². The molecule has 2 amide bonds. The zero-order chi connectivity index (χ0) is 21.4. The van der Waals surface area contributed by atoms with Gasteiger partial charge in [-0.25, -0.2) is 0 Å². The molecule has 7 heteroatoms. The van der Waals surface area contributed by atoms with Crippen LogP contribution in [-0.2, 0) is 4.79 Å². The summed E-state index contributed by atoms with van der Waals surface area (Å²) in [4.78, 5) is 33.0. The molecule has 0 spiro atoms. The van der Waals surface area contributed by atoms with Crippen molar-refractivity contribution < 1.29 is 14.3 Å². The summed E-state index contributed by atoms with van der Waals surface area (Å²) in [6.07, 6.45) is 2.23. The van der Waals surface area contributed by atoms with Crippen molar-refractivity contribution in [1.29, 1.82) is 0 Å². The number of hydrogen-bond acceptors (Lipinski definition) is 5. The van der Waals surface area contributed by atoms with Crippen molar-refractivity contribution >= 4 is 40.2 Å². The predicted octanol–water partition coefficient (Wildman–Crippen LogP) is 4.27. The highest BCUT2D eigenvalue weighted by Gasteiger charge is 2.36. The second-order valence-electron chi connectivity index (χ2n) is 7.89. The van der Waals surface area contributed by atoms with Crippen LogP contribution in [0.25, 0.3) is 10.9 Å². The molecule has 1 unspecified atom stereocenters. The van der Waals surface area contributed by atoms with E-state index in [2.05, 4.69) is 5.32 Å². The van der Waals surface area contributed by atoms with Crippen molar-refractivity contribution in [3.05, 3.63) is 65.9 Å². The maximum Gasteiger partial charge on any atom is 0.256 e. The monoisotopic (exact) mass is 433 g/mol. The molecule has 31 heavy (non-hydrogen) atoms. The molecule has 2 fully saturated rings. The quantitative estimate of drug-likeness (QED) is 0.651. The standard InChI is InChI=1S/C24H23N3O3S/c1-30-17-10-8-16(9-11-17)25-23(28)22-13-31-14-27(22)24(29)19-12-21(15-6-7-15)26-20-5-3-2-4-18(19)20/h2-5,8-12,15,22H,6-7,13-14H2,1H3,(H,25,28). The van der Waals surface area contributed by atoms with Crippen molar-refractivity contribution in [2.24, 2.45) is 0 Å². The molecule has 1 N–H and O–H groups in total. The number of nitrogens with one attached hydrogen (secondary N) is 1. The van der Waals surface area contributed by atoms with E-state index in [4.69, 9.17) is 9.72 Å². The van der Waals surface area contributed by atoms with Crippen molar-refractivity contribution in [3.8, 4) is 5.75 Å². The second-order valence-corrected chi connectivity index (χ2v) is 8.89. The average molecular weight is 434 g/mol. The van der Waals surface area contributed by atoms with Crippen LogP contribution in [0.3, 0.4) is 0 Å². The Hall–Kier alpha value is -3.06. The lowest BCUT2D eigenvalue weighted by Gasteiger charge is -2.24. The Morgan fingerprint density at radius 2 is 1.90 bits per heavy atom. The topological polar surface area (TPSA) is 71.5 Å². The number of aromatic nitrogens is 1. The van der Waals surface area contributed by atoms with E-state index in [0.29, 0.717) is 28.8 Å². The molecule has 6 nitrogen and oxygen atoms in total. The number of carbonyl (C=O) groups excluding carboxylic acids is 2. The van der Waals surface area contributed by atoms with Crippen LogP contribution in [0.15, 0.2) is 54.6 Å². The number of para-hydroxylation sites is 1. The van der Waals surface area contributed by atoms with Gasteiger partial charge in [0.1, 0.15) is 11.8 Å². The molecular weight excluding hydrogens is 410 g/mol. The average Bonchev–Trinajstić information content (AvgIpc) is 3.54. The molecule has 1 saturated heterocycles. The summed E-state index contributed by atoms with van der Waals surface area (Å²) in [5.41, 5.74) is 3.13. The number of amides is 2. The zero-order valence-corrected chi connectivity index (χ0v) is 18.0. The molecule has 1 atom stereocenters. The second kappa shape index (κ2) is 8.23. The van der Waals surface area contributed by atoms with E-state index in [-0.39, 0.29) is 11.8 Å².